The molecule has 0 atom stereocenters. The molecule has 1 aromatic heterocycles. The predicted molar refractivity (Wildman–Crippen MR) is 90.2 cm³/mol. The third-order valence-corrected chi connectivity index (χ3v) is 6.05. The average Bonchev–Trinajstić information content (AvgIpc) is 2.76. The van der Waals surface area contributed by atoms with E-state index in [1.165, 1.54) is 6.92 Å². The van der Waals surface area contributed by atoms with Crippen LogP contribution in [0.15, 0.2) is 38.8 Å². The van der Waals surface area contributed by atoms with Crippen LogP contribution in [0.4, 0.5) is 0 Å². The lowest BCUT2D eigenvalue weighted by Crippen LogP contribution is -2.06. The summed E-state index contributed by atoms with van der Waals surface area (Å²) in [5.41, 5.74) is 2.41. The van der Waals surface area contributed by atoms with Crippen molar-refractivity contribution in [1.82, 2.24) is 4.98 Å². The molecule has 0 radical (unpaired) electrons. The van der Waals surface area contributed by atoms with Crippen LogP contribution in [0.3, 0.4) is 0 Å². The number of aromatic nitrogens is 1. The van der Waals surface area contributed by atoms with Crippen LogP contribution in [0, 0.1) is 13.8 Å². The van der Waals surface area contributed by atoms with E-state index in [9.17, 15) is 13.2 Å². The molecule has 0 spiro atoms. The van der Waals surface area contributed by atoms with E-state index in [0.29, 0.717) is 16.6 Å². The van der Waals surface area contributed by atoms with Crippen molar-refractivity contribution in [3.05, 3.63) is 45.6 Å². The second kappa shape index (κ2) is 6.88. The first-order valence-electron chi connectivity index (χ1n) is 7.05. The van der Waals surface area contributed by atoms with Crippen LogP contribution in [-0.2, 0) is 25.8 Å². The van der Waals surface area contributed by atoms with Crippen LogP contribution < -0.4 is 0 Å². The normalized spacial score (nSPS) is 11.5. The van der Waals surface area contributed by atoms with Gasteiger partial charge < -0.3 is 9.72 Å². The van der Waals surface area contributed by atoms with E-state index in [0.717, 1.165) is 11.1 Å². The Kier molecular flexibility index (Phi) is 5.31. The predicted octanol–water partition coefficient (Wildman–Crippen LogP) is 3.33. The van der Waals surface area contributed by atoms with Crippen molar-refractivity contribution < 1.29 is 17.9 Å². The minimum atomic E-state index is -3.62. The first-order chi connectivity index (χ1) is 10.7. The molecule has 0 bridgehead atoms. The standard InChI is InChI=1S/C16H18BrNO4S/c1-10-4-6-13(7-5-10)23(20,21)16-11(2)14(15(17)18-16)8-9-22-12(3)19/h4-7,18H,8-9H2,1-3H3. The molecule has 7 heteroatoms. The van der Waals surface area contributed by atoms with Crippen LogP contribution in [0.25, 0.3) is 0 Å². The fourth-order valence-electron chi connectivity index (χ4n) is 2.27. The second-order valence-electron chi connectivity index (χ2n) is 5.28. The van der Waals surface area contributed by atoms with Crippen LogP contribution >= 0.6 is 15.9 Å². The first kappa shape index (κ1) is 17.7. The number of carbonyl (C=O) groups excluding carboxylic acids is 1. The van der Waals surface area contributed by atoms with Crippen molar-refractivity contribution in [3.63, 3.8) is 0 Å². The Labute approximate surface area is 144 Å². The summed E-state index contributed by atoms with van der Waals surface area (Å²) in [5.74, 6) is -0.359. The van der Waals surface area contributed by atoms with Gasteiger partial charge >= 0.3 is 5.97 Å². The second-order valence-corrected chi connectivity index (χ2v) is 7.96. The van der Waals surface area contributed by atoms with Crippen molar-refractivity contribution in [2.45, 2.75) is 37.1 Å². The molecule has 23 heavy (non-hydrogen) atoms. The number of rotatable bonds is 5. The molecule has 0 saturated carbocycles. The highest BCUT2D eigenvalue weighted by molar-refractivity contribution is 9.10. The molecule has 0 amide bonds. The molecule has 1 N–H and O–H groups in total. The molecule has 124 valence electrons. The van der Waals surface area contributed by atoms with Crippen molar-refractivity contribution in [1.29, 1.82) is 0 Å². The van der Waals surface area contributed by atoms with E-state index in [1.54, 1.807) is 31.2 Å². The zero-order valence-corrected chi connectivity index (χ0v) is 15.5. The van der Waals surface area contributed by atoms with Gasteiger partial charge in [0.15, 0.2) is 0 Å². The number of H-pyrrole nitrogens is 1. The average molecular weight is 400 g/mol. The van der Waals surface area contributed by atoms with Gasteiger partial charge in [0.25, 0.3) is 0 Å². The highest BCUT2D eigenvalue weighted by Crippen LogP contribution is 2.30. The molecule has 0 fully saturated rings. The van der Waals surface area contributed by atoms with Gasteiger partial charge in [-0.3, -0.25) is 4.79 Å². The Morgan fingerprint density at radius 2 is 1.83 bits per heavy atom. The molecule has 0 saturated heterocycles. The van der Waals surface area contributed by atoms with Gasteiger partial charge in [0.05, 0.1) is 16.1 Å². The lowest BCUT2D eigenvalue weighted by atomic mass is 10.2. The summed E-state index contributed by atoms with van der Waals surface area (Å²) in [6.45, 7) is 5.19. The van der Waals surface area contributed by atoms with Crippen molar-refractivity contribution in [2.75, 3.05) is 6.61 Å². The molecule has 0 unspecified atom stereocenters. The van der Waals surface area contributed by atoms with Gasteiger partial charge in [-0.05, 0) is 53.0 Å². The van der Waals surface area contributed by atoms with Crippen molar-refractivity contribution in [3.8, 4) is 0 Å². The number of hydrogen-bond acceptors (Lipinski definition) is 4. The Morgan fingerprint density at radius 3 is 2.39 bits per heavy atom. The highest BCUT2D eigenvalue weighted by atomic mass is 79.9. The van der Waals surface area contributed by atoms with Gasteiger partial charge in [0.2, 0.25) is 9.84 Å². The number of nitrogens with one attached hydrogen (secondary N) is 1. The Balaban J connectivity index is 2.36. The summed E-state index contributed by atoms with van der Waals surface area (Å²) in [7, 11) is -3.62. The lowest BCUT2D eigenvalue weighted by molar-refractivity contribution is -0.140. The highest BCUT2D eigenvalue weighted by Gasteiger charge is 2.25. The largest absolute Gasteiger partial charge is 0.466 e. The number of hydrogen-bond donors (Lipinski definition) is 1. The van der Waals surface area contributed by atoms with Crippen LogP contribution in [0.5, 0.6) is 0 Å². The fourth-order valence-corrected chi connectivity index (χ4v) is 4.59. The summed E-state index contributed by atoms with van der Waals surface area (Å²) < 4.78 is 31.1. The molecule has 2 aromatic rings. The fraction of sp³-hybridized carbons (Fsp3) is 0.312. The molecule has 1 aromatic carbocycles. The number of benzene rings is 1. The number of esters is 1. The maximum atomic E-state index is 12.8. The van der Waals surface area contributed by atoms with E-state index in [4.69, 9.17) is 4.74 Å². The van der Waals surface area contributed by atoms with Crippen molar-refractivity contribution >= 4 is 31.7 Å². The minimum absolute atomic E-state index is 0.158. The molecule has 0 aliphatic rings. The number of carbonyl (C=O) groups is 1. The molecule has 1 heterocycles. The van der Waals surface area contributed by atoms with E-state index in [2.05, 4.69) is 20.9 Å². The summed E-state index contributed by atoms with van der Waals surface area (Å²) in [4.78, 5) is 14.0. The summed E-state index contributed by atoms with van der Waals surface area (Å²) >= 11 is 3.35. The quantitative estimate of drug-likeness (QED) is 0.782. The van der Waals surface area contributed by atoms with Crippen LogP contribution in [-0.4, -0.2) is 26.0 Å². The van der Waals surface area contributed by atoms with Gasteiger partial charge in [0, 0.05) is 13.3 Å². The smallest absolute Gasteiger partial charge is 0.302 e. The van der Waals surface area contributed by atoms with Gasteiger partial charge in [-0.25, -0.2) is 8.42 Å². The maximum Gasteiger partial charge on any atom is 0.302 e. The molecule has 2 rings (SSSR count). The summed E-state index contributed by atoms with van der Waals surface area (Å²) in [5, 5.41) is 0.158. The van der Waals surface area contributed by atoms with Crippen LogP contribution in [0.2, 0.25) is 0 Å². The Bertz CT molecular complexity index is 823. The Morgan fingerprint density at radius 1 is 1.22 bits per heavy atom. The SMILES string of the molecule is CC(=O)OCCc1c(Br)[nH]c(S(=O)(=O)c2ccc(C)cc2)c1C. The lowest BCUT2D eigenvalue weighted by Gasteiger charge is -2.05. The van der Waals surface area contributed by atoms with E-state index >= 15 is 0 Å². The molecular weight excluding hydrogens is 382 g/mol. The zero-order chi connectivity index (χ0) is 17.2. The third kappa shape index (κ3) is 3.84. The van der Waals surface area contributed by atoms with Gasteiger partial charge in [-0.2, -0.15) is 0 Å². The van der Waals surface area contributed by atoms with E-state index in [1.807, 2.05) is 6.92 Å². The summed E-state index contributed by atoms with van der Waals surface area (Å²) in [6.07, 6.45) is 0.436. The van der Waals surface area contributed by atoms with Crippen molar-refractivity contribution in [2.24, 2.45) is 0 Å². The molecule has 0 aliphatic carbocycles. The number of halogens is 1. The number of sulfone groups is 1. The monoisotopic (exact) mass is 399 g/mol. The third-order valence-electron chi connectivity index (χ3n) is 3.54. The Hall–Kier alpha value is -1.60. The maximum absolute atomic E-state index is 12.8. The van der Waals surface area contributed by atoms with E-state index in [-0.39, 0.29) is 22.5 Å². The van der Waals surface area contributed by atoms with Crippen LogP contribution in [0.1, 0.15) is 23.6 Å². The molecule has 0 aliphatic heterocycles. The molecule has 5 nitrogen and oxygen atoms in total. The van der Waals surface area contributed by atoms with Gasteiger partial charge in [-0.1, -0.05) is 17.7 Å². The minimum Gasteiger partial charge on any atom is -0.466 e. The molecular formula is C16H18BrNO4S. The zero-order valence-electron chi connectivity index (χ0n) is 13.1. The first-order valence-corrected chi connectivity index (χ1v) is 9.33. The number of aromatic amines is 1. The number of ether oxygens (including phenoxy) is 1. The summed E-state index contributed by atoms with van der Waals surface area (Å²) in [6, 6.07) is 6.72. The topological polar surface area (TPSA) is 76.2 Å². The van der Waals surface area contributed by atoms with E-state index < -0.39 is 9.84 Å². The van der Waals surface area contributed by atoms with Gasteiger partial charge in [0.1, 0.15) is 5.03 Å². The number of aryl methyl sites for hydroxylation is 1. The van der Waals surface area contributed by atoms with Gasteiger partial charge in [-0.15, -0.1) is 0 Å².